The number of hydrogen-bond acceptors (Lipinski definition) is 6. The Kier molecular flexibility index (Phi) is 8.05. The number of nitro groups is 1. The molecule has 0 bridgehead atoms. The van der Waals surface area contributed by atoms with Crippen molar-refractivity contribution in [3.63, 3.8) is 0 Å². The monoisotopic (exact) mass is 393 g/mol. The van der Waals surface area contributed by atoms with Crippen molar-refractivity contribution in [2.24, 2.45) is 0 Å². The molecule has 3 atom stereocenters. The predicted molar refractivity (Wildman–Crippen MR) is 100 cm³/mol. The molecule has 11 nitrogen and oxygen atoms in total. The number of amides is 4. The molecule has 11 heteroatoms. The van der Waals surface area contributed by atoms with Crippen molar-refractivity contribution in [2.75, 3.05) is 5.32 Å². The summed E-state index contributed by atoms with van der Waals surface area (Å²) in [6.07, 6.45) is 0. The molecule has 3 unspecified atom stereocenters. The zero-order valence-electron chi connectivity index (χ0n) is 15.9. The Morgan fingerprint density at radius 1 is 0.821 bits per heavy atom. The Balaban J connectivity index is 2.55. The Labute approximate surface area is 161 Å². The summed E-state index contributed by atoms with van der Waals surface area (Å²) in [5, 5.41) is 20.4. The van der Waals surface area contributed by atoms with Crippen LogP contribution < -0.4 is 21.3 Å². The van der Waals surface area contributed by atoms with Crippen molar-refractivity contribution in [2.45, 2.75) is 45.8 Å². The number of benzene rings is 1. The molecule has 0 saturated heterocycles. The minimum Gasteiger partial charge on any atom is -0.345 e. The first-order valence-corrected chi connectivity index (χ1v) is 8.44. The summed E-state index contributed by atoms with van der Waals surface area (Å²) in [5.41, 5.74) is 0.222. The third-order valence-electron chi connectivity index (χ3n) is 3.66. The van der Waals surface area contributed by atoms with Crippen LogP contribution in [0.25, 0.3) is 0 Å². The fourth-order valence-electron chi connectivity index (χ4n) is 2.10. The van der Waals surface area contributed by atoms with Crippen LogP contribution in [-0.2, 0) is 19.2 Å². The van der Waals surface area contributed by atoms with Crippen molar-refractivity contribution in [1.82, 2.24) is 16.0 Å². The van der Waals surface area contributed by atoms with Crippen LogP contribution in [0.1, 0.15) is 27.7 Å². The number of hydrogen-bond donors (Lipinski definition) is 4. The van der Waals surface area contributed by atoms with Crippen molar-refractivity contribution in [3.8, 4) is 0 Å². The highest BCUT2D eigenvalue weighted by Crippen LogP contribution is 2.15. The Morgan fingerprint density at radius 2 is 1.25 bits per heavy atom. The molecule has 1 aromatic carbocycles. The van der Waals surface area contributed by atoms with Gasteiger partial charge in [-0.3, -0.25) is 29.3 Å². The molecule has 1 rings (SSSR count). The van der Waals surface area contributed by atoms with Crippen molar-refractivity contribution >= 4 is 35.0 Å². The lowest BCUT2D eigenvalue weighted by atomic mass is 10.2. The second-order valence-electron chi connectivity index (χ2n) is 6.18. The van der Waals surface area contributed by atoms with Gasteiger partial charge in [-0.1, -0.05) is 0 Å². The minimum atomic E-state index is -0.932. The summed E-state index contributed by atoms with van der Waals surface area (Å²) >= 11 is 0. The smallest absolute Gasteiger partial charge is 0.269 e. The van der Waals surface area contributed by atoms with E-state index in [-0.39, 0.29) is 11.6 Å². The van der Waals surface area contributed by atoms with Gasteiger partial charge in [-0.15, -0.1) is 0 Å². The van der Waals surface area contributed by atoms with E-state index < -0.39 is 40.8 Å². The lowest BCUT2D eigenvalue weighted by Crippen LogP contribution is -2.53. The molecule has 4 amide bonds. The van der Waals surface area contributed by atoms with E-state index in [4.69, 9.17) is 0 Å². The lowest BCUT2D eigenvalue weighted by Gasteiger charge is -2.20. The zero-order valence-corrected chi connectivity index (χ0v) is 15.9. The largest absolute Gasteiger partial charge is 0.345 e. The third kappa shape index (κ3) is 7.02. The number of anilines is 1. The molecular weight excluding hydrogens is 370 g/mol. The zero-order chi connectivity index (χ0) is 21.4. The van der Waals surface area contributed by atoms with Crippen LogP contribution >= 0.6 is 0 Å². The maximum absolute atomic E-state index is 12.1. The summed E-state index contributed by atoms with van der Waals surface area (Å²) < 4.78 is 0. The molecule has 152 valence electrons. The maximum atomic E-state index is 12.1. The fraction of sp³-hybridized carbons (Fsp3) is 0.412. The lowest BCUT2D eigenvalue weighted by molar-refractivity contribution is -0.384. The Hall–Kier alpha value is -3.50. The second kappa shape index (κ2) is 10.00. The molecule has 0 aliphatic carbocycles. The second-order valence-corrected chi connectivity index (χ2v) is 6.18. The molecule has 0 heterocycles. The fourth-order valence-corrected chi connectivity index (χ4v) is 2.10. The van der Waals surface area contributed by atoms with E-state index in [0.29, 0.717) is 5.69 Å². The summed E-state index contributed by atoms with van der Waals surface area (Å²) in [6, 6.07) is 2.57. The van der Waals surface area contributed by atoms with Gasteiger partial charge in [0.25, 0.3) is 5.69 Å². The van der Waals surface area contributed by atoms with Crippen molar-refractivity contribution in [3.05, 3.63) is 34.4 Å². The van der Waals surface area contributed by atoms with Crippen LogP contribution in [0, 0.1) is 10.1 Å². The Bertz CT molecular complexity index is 764. The highest BCUT2D eigenvalue weighted by molar-refractivity contribution is 5.98. The highest BCUT2D eigenvalue weighted by Gasteiger charge is 2.23. The maximum Gasteiger partial charge on any atom is 0.269 e. The van der Waals surface area contributed by atoms with Gasteiger partial charge in [0.1, 0.15) is 18.1 Å². The number of nitro benzene ring substituents is 1. The van der Waals surface area contributed by atoms with Crippen LogP contribution in [0.5, 0.6) is 0 Å². The number of rotatable bonds is 8. The molecule has 0 aliphatic heterocycles. The topological polar surface area (TPSA) is 160 Å². The van der Waals surface area contributed by atoms with Gasteiger partial charge in [-0.2, -0.15) is 0 Å². The number of nitrogens with zero attached hydrogens (tertiary/aromatic N) is 1. The van der Waals surface area contributed by atoms with Gasteiger partial charge in [-0.05, 0) is 32.9 Å². The summed E-state index contributed by atoms with van der Waals surface area (Å²) in [6.45, 7) is 5.63. The first kappa shape index (κ1) is 22.5. The molecule has 0 spiro atoms. The van der Waals surface area contributed by atoms with Crippen LogP contribution in [0.15, 0.2) is 24.3 Å². The number of non-ortho nitro benzene ring substituents is 1. The van der Waals surface area contributed by atoms with Gasteiger partial charge < -0.3 is 21.3 Å². The van der Waals surface area contributed by atoms with E-state index in [0.717, 1.165) is 0 Å². The first-order chi connectivity index (χ1) is 13.0. The van der Waals surface area contributed by atoms with Gasteiger partial charge in [0, 0.05) is 24.7 Å². The number of carbonyl (C=O) groups excluding carboxylic acids is 4. The van der Waals surface area contributed by atoms with E-state index in [1.54, 1.807) is 0 Å². The van der Waals surface area contributed by atoms with E-state index in [1.165, 1.54) is 52.0 Å². The summed E-state index contributed by atoms with van der Waals surface area (Å²) in [4.78, 5) is 57.2. The molecule has 28 heavy (non-hydrogen) atoms. The normalized spacial score (nSPS) is 13.4. The molecule has 1 aromatic rings. The van der Waals surface area contributed by atoms with E-state index in [2.05, 4.69) is 21.3 Å². The summed E-state index contributed by atoms with van der Waals surface area (Å²) in [5.74, 6) is -2.04. The highest BCUT2D eigenvalue weighted by atomic mass is 16.6. The van der Waals surface area contributed by atoms with Crippen LogP contribution in [0.4, 0.5) is 11.4 Å². The van der Waals surface area contributed by atoms with Crippen molar-refractivity contribution < 1.29 is 24.1 Å². The standard InChI is InChI=1S/C17H23N5O6/c1-9(18-12(4)23)15(24)19-10(2)16(25)20-11(3)17(26)21-13-5-7-14(8-6-13)22(27)28/h5-11H,1-4H3,(H,18,23)(H,19,24)(H,20,25)(H,21,26). The van der Waals surface area contributed by atoms with E-state index in [9.17, 15) is 29.3 Å². The average Bonchev–Trinajstić information content (AvgIpc) is 2.61. The molecule has 0 radical (unpaired) electrons. The van der Waals surface area contributed by atoms with Gasteiger partial charge in [0.15, 0.2) is 0 Å². The Morgan fingerprint density at radius 3 is 1.68 bits per heavy atom. The SMILES string of the molecule is CC(=O)NC(C)C(=O)NC(C)C(=O)NC(C)C(=O)Nc1ccc([N+](=O)[O-])cc1. The summed E-state index contributed by atoms with van der Waals surface area (Å²) in [7, 11) is 0. The average molecular weight is 393 g/mol. The van der Waals surface area contributed by atoms with Crippen LogP contribution in [0.2, 0.25) is 0 Å². The molecule has 0 fully saturated rings. The van der Waals surface area contributed by atoms with Gasteiger partial charge in [0.05, 0.1) is 4.92 Å². The van der Waals surface area contributed by atoms with Gasteiger partial charge in [-0.25, -0.2) is 0 Å². The van der Waals surface area contributed by atoms with Crippen LogP contribution in [-0.4, -0.2) is 46.7 Å². The minimum absolute atomic E-state index is 0.114. The number of carbonyl (C=O) groups is 4. The van der Waals surface area contributed by atoms with Crippen LogP contribution in [0.3, 0.4) is 0 Å². The number of nitrogens with one attached hydrogen (secondary N) is 4. The molecule has 0 aliphatic rings. The molecule has 4 N–H and O–H groups in total. The van der Waals surface area contributed by atoms with E-state index in [1.807, 2.05) is 0 Å². The van der Waals surface area contributed by atoms with Crippen molar-refractivity contribution in [1.29, 1.82) is 0 Å². The first-order valence-electron chi connectivity index (χ1n) is 8.44. The molecule has 0 saturated carbocycles. The molecular formula is C17H23N5O6. The predicted octanol–water partition coefficient (Wildman–Crippen LogP) is 0.0673. The third-order valence-corrected chi connectivity index (χ3v) is 3.66. The van der Waals surface area contributed by atoms with Gasteiger partial charge in [0.2, 0.25) is 23.6 Å². The van der Waals surface area contributed by atoms with E-state index >= 15 is 0 Å². The van der Waals surface area contributed by atoms with Gasteiger partial charge >= 0.3 is 0 Å². The molecule has 0 aromatic heterocycles. The quantitative estimate of drug-likeness (QED) is 0.361.